The second kappa shape index (κ2) is 18.4. The maximum absolute atomic E-state index is 13.0. The fourth-order valence-corrected chi connectivity index (χ4v) is 3.25. The molecule has 1 aromatic carbocycles. The number of allylic oxidation sites excluding steroid dienone is 2. The van der Waals surface area contributed by atoms with E-state index in [-0.39, 0.29) is 44.0 Å². The molecular weight excluding hydrogens is 448 g/mol. The molecule has 2 amide bonds. The minimum Gasteiger partial charge on any atom is -0.463 e. The average Bonchev–Trinajstić information content (AvgIpc) is 2.85. The molecule has 0 aliphatic rings. The molecule has 0 aliphatic carbocycles. The van der Waals surface area contributed by atoms with Crippen molar-refractivity contribution in [2.45, 2.75) is 64.1 Å². The summed E-state index contributed by atoms with van der Waals surface area (Å²) in [6.07, 6.45) is 6.34. The van der Waals surface area contributed by atoms with Crippen LogP contribution in [0, 0.1) is 5.92 Å². The topological polar surface area (TPSA) is 114 Å². The van der Waals surface area contributed by atoms with Crippen molar-refractivity contribution in [2.24, 2.45) is 5.92 Å². The molecule has 3 atom stereocenters. The zero-order valence-electron chi connectivity index (χ0n) is 20.7. The molecule has 194 valence electrons. The Kier molecular flexibility index (Phi) is 15.8. The monoisotopic (exact) mass is 488 g/mol. The number of hydrogen-bond donors (Lipinski definition) is 3. The van der Waals surface area contributed by atoms with Crippen LogP contribution < -0.4 is 10.6 Å². The zero-order valence-corrected chi connectivity index (χ0v) is 20.7. The summed E-state index contributed by atoms with van der Waals surface area (Å²) in [7, 11) is 0. The number of unbranched alkanes of at least 4 members (excludes halogenated alkanes) is 2. The number of esters is 1. The van der Waals surface area contributed by atoms with Gasteiger partial charge in [0.1, 0.15) is 6.61 Å². The van der Waals surface area contributed by atoms with Crippen molar-refractivity contribution in [3.63, 3.8) is 0 Å². The maximum atomic E-state index is 13.0. The van der Waals surface area contributed by atoms with Crippen LogP contribution in [0.5, 0.6) is 0 Å². The molecule has 8 heteroatoms. The zero-order chi connectivity index (χ0) is 25.9. The highest BCUT2D eigenvalue weighted by Crippen LogP contribution is 2.11. The van der Waals surface area contributed by atoms with E-state index in [1.54, 1.807) is 13.0 Å². The molecule has 0 spiro atoms. The number of aliphatic hydroxyl groups excluding tert-OH is 1. The van der Waals surface area contributed by atoms with Gasteiger partial charge in [0.15, 0.2) is 0 Å². The van der Waals surface area contributed by atoms with E-state index in [1.165, 1.54) is 0 Å². The number of ether oxygens (including phenoxy) is 2. The molecule has 0 saturated carbocycles. The van der Waals surface area contributed by atoms with Crippen molar-refractivity contribution in [3.8, 4) is 0 Å². The summed E-state index contributed by atoms with van der Waals surface area (Å²) in [5, 5.41) is 14.6. The predicted molar refractivity (Wildman–Crippen MR) is 135 cm³/mol. The number of nitrogens with one attached hydrogen (secondary N) is 2. The van der Waals surface area contributed by atoms with Crippen molar-refractivity contribution >= 4 is 17.8 Å². The van der Waals surface area contributed by atoms with E-state index < -0.39 is 18.0 Å². The van der Waals surface area contributed by atoms with Gasteiger partial charge in [0.2, 0.25) is 11.8 Å². The average molecular weight is 489 g/mol. The summed E-state index contributed by atoms with van der Waals surface area (Å²) in [5.41, 5.74) is 0.982. The highest BCUT2D eigenvalue weighted by Gasteiger charge is 2.24. The second-order valence-corrected chi connectivity index (χ2v) is 8.50. The van der Waals surface area contributed by atoms with Gasteiger partial charge in [0.05, 0.1) is 31.8 Å². The molecule has 0 saturated heterocycles. The molecule has 0 aromatic heterocycles. The third-order valence-electron chi connectivity index (χ3n) is 5.20. The fraction of sp³-hybridized carbons (Fsp3) is 0.519. The van der Waals surface area contributed by atoms with Gasteiger partial charge in [-0.25, -0.2) is 0 Å². The predicted octanol–water partition coefficient (Wildman–Crippen LogP) is 3.06. The minimum atomic E-state index is -0.648. The molecule has 0 heterocycles. The highest BCUT2D eigenvalue weighted by molar-refractivity contribution is 5.86. The van der Waals surface area contributed by atoms with Crippen molar-refractivity contribution in [1.29, 1.82) is 0 Å². The lowest BCUT2D eigenvalue weighted by Crippen LogP contribution is -2.46. The number of amides is 2. The first-order valence-corrected chi connectivity index (χ1v) is 12.1. The number of benzene rings is 1. The standard InChI is InChI=1S/C27H40N2O6/c1-4-6-7-11-15-26(32)35-20-24(19-34-18-22-13-9-8-10-14-22)29-27(33)23(12-5-2)16-25(31)28-21(3)17-30/h4-5,8-10,13-14,21,23-24,30H,1-2,6-7,11-12,15-20H2,3H3,(H,28,31)(H,29,33)/t21-,23+,24-/m0/s1. The Bertz CT molecular complexity index is 783. The van der Waals surface area contributed by atoms with Crippen molar-refractivity contribution in [2.75, 3.05) is 19.8 Å². The first-order valence-electron chi connectivity index (χ1n) is 12.1. The molecule has 0 radical (unpaired) electrons. The molecular formula is C27H40N2O6. The minimum absolute atomic E-state index is 0.0324. The van der Waals surface area contributed by atoms with E-state index in [9.17, 15) is 14.4 Å². The van der Waals surface area contributed by atoms with Gasteiger partial charge in [-0.1, -0.05) is 42.5 Å². The molecule has 1 aromatic rings. The molecule has 3 N–H and O–H groups in total. The van der Waals surface area contributed by atoms with E-state index in [1.807, 2.05) is 36.4 Å². The number of aliphatic hydroxyl groups is 1. The van der Waals surface area contributed by atoms with Gasteiger partial charge >= 0.3 is 5.97 Å². The van der Waals surface area contributed by atoms with Gasteiger partial charge in [-0.3, -0.25) is 14.4 Å². The molecule has 0 fully saturated rings. The molecule has 0 unspecified atom stereocenters. The van der Waals surface area contributed by atoms with E-state index in [2.05, 4.69) is 23.8 Å². The van der Waals surface area contributed by atoms with Crippen LogP contribution in [0.1, 0.15) is 51.0 Å². The third kappa shape index (κ3) is 14.1. The lowest BCUT2D eigenvalue weighted by molar-refractivity contribution is -0.146. The van der Waals surface area contributed by atoms with Crippen molar-refractivity contribution in [3.05, 3.63) is 61.2 Å². The van der Waals surface area contributed by atoms with E-state index in [4.69, 9.17) is 14.6 Å². The van der Waals surface area contributed by atoms with Crippen LogP contribution in [0.15, 0.2) is 55.6 Å². The second-order valence-electron chi connectivity index (χ2n) is 8.50. The van der Waals surface area contributed by atoms with Crippen LogP contribution in [0.25, 0.3) is 0 Å². The normalized spacial score (nSPS) is 13.2. The number of carbonyl (C=O) groups is 3. The Morgan fingerprint density at radius 3 is 2.46 bits per heavy atom. The van der Waals surface area contributed by atoms with Crippen LogP contribution in [0.2, 0.25) is 0 Å². The van der Waals surface area contributed by atoms with Gasteiger partial charge in [0.25, 0.3) is 0 Å². The largest absolute Gasteiger partial charge is 0.463 e. The Hall–Kier alpha value is -2.97. The lowest BCUT2D eigenvalue weighted by Gasteiger charge is -2.22. The highest BCUT2D eigenvalue weighted by atomic mass is 16.5. The van der Waals surface area contributed by atoms with E-state index in [0.717, 1.165) is 18.4 Å². The summed E-state index contributed by atoms with van der Waals surface area (Å²) in [6, 6.07) is 8.63. The quantitative estimate of drug-likeness (QED) is 0.157. The van der Waals surface area contributed by atoms with Crippen LogP contribution in [0.3, 0.4) is 0 Å². The maximum Gasteiger partial charge on any atom is 0.305 e. The number of rotatable bonds is 19. The Morgan fingerprint density at radius 2 is 1.80 bits per heavy atom. The van der Waals surface area contributed by atoms with Crippen molar-refractivity contribution < 1.29 is 29.0 Å². The van der Waals surface area contributed by atoms with Crippen LogP contribution >= 0.6 is 0 Å². The van der Waals surface area contributed by atoms with Gasteiger partial charge < -0.3 is 25.2 Å². The SMILES string of the molecule is C=CCCCCC(=O)OC[C@H](COCc1ccccc1)NC(=O)[C@H](CC=C)CC(=O)N[C@@H](C)CO. The smallest absolute Gasteiger partial charge is 0.305 e. The van der Waals surface area contributed by atoms with Gasteiger partial charge in [0, 0.05) is 18.9 Å². The van der Waals surface area contributed by atoms with Gasteiger partial charge in [-0.2, -0.15) is 0 Å². The first-order chi connectivity index (χ1) is 16.9. The van der Waals surface area contributed by atoms with Crippen LogP contribution in [0.4, 0.5) is 0 Å². The summed E-state index contributed by atoms with van der Waals surface area (Å²) in [6.45, 7) is 9.28. The van der Waals surface area contributed by atoms with Gasteiger partial charge in [-0.05, 0) is 38.2 Å². The number of carbonyl (C=O) groups excluding carboxylic acids is 3. The Balaban J connectivity index is 2.71. The summed E-state index contributed by atoms with van der Waals surface area (Å²) in [5.74, 6) is -1.68. The Labute approximate surface area is 208 Å². The third-order valence-corrected chi connectivity index (χ3v) is 5.20. The van der Waals surface area contributed by atoms with Crippen LogP contribution in [-0.2, 0) is 30.5 Å². The number of hydrogen-bond acceptors (Lipinski definition) is 6. The van der Waals surface area contributed by atoms with E-state index in [0.29, 0.717) is 25.9 Å². The summed E-state index contributed by atoms with van der Waals surface area (Å²) in [4.78, 5) is 37.3. The summed E-state index contributed by atoms with van der Waals surface area (Å²) >= 11 is 0. The lowest BCUT2D eigenvalue weighted by atomic mass is 9.99. The first kappa shape index (κ1) is 30.1. The molecule has 0 aliphatic heterocycles. The molecule has 8 nitrogen and oxygen atoms in total. The molecule has 0 bridgehead atoms. The molecule has 35 heavy (non-hydrogen) atoms. The fourth-order valence-electron chi connectivity index (χ4n) is 3.25. The van der Waals surface area contributed by atoms with Crippen LogP contribution in [-0.4, -0.2) is 54.8 Å². The van der Waals surface area contributed by atoms with Crippen molar-refractivity contribution in [1.82, 2.24) is 10.6 Å². The van der Waals surface area contributed by atoms with Gasteiger partial charge in [-0.15, -0.1) is 13.2 Å². The molecule has 1 rings (SSSR count). The van der Waals surface area contributed by atoms with E-state index >= 15 is 0 Å². The Morgan fingerprint density at radius 1 is 1.06 bits per heavy atom. The summed E-state index contributed by atoms with van der Waals surface area (Å²) < 4.78 is 11.2.